The van der Waals surface area contributed by atoms with Gasteiger partial charge in [-0.15, -0.1) is 0 Å². The van der Waals surface area contributed by atoms with E-state index in [4.69, 9.17) is 9.84 Å². The van der Waals surface area contributed by atoms with E-state index >= 15 is 0 Å². The Morgan fingerprint density at radius 2 is 1.36 bits per heavy atom. The van der Waals surface area contributed by atoms with E-state index in [2.05, 4.69) is 0 Å². The molecule has 0 fully saturated rings. The lowest BCUT2D eigenvalue weighted by Crippen LogP contribution is -1.97. The second-order valence-corrected chi connectivity index (χ2v) is 5.51. The highest BCUT2D eigenvalue weighted by Gasteiger charge is 2.03. The van der Waals surface area contributed by atoms with Crippen molar-refractivity contribution in [3.8, 4) is 5.75 Å². The van der Waals surface area contributed by atoms with Gasteiger partial charge < -0.3 is 9.84 Å². The maximum Gasteiger partial charge on any atom is 0.269 e. The molecule has 0 saturated carbocycles. The van der Waals surface area contributed by atoms with E-state index in [9.17, 15) is 10.1 Å². The van der Waals surface area contributed by atoms with Crippen molar-refractivity contribution in [3.63, 3.8) is 0 Å². The van der Waals surface area contributed by atoms with Gasteiger partial charge in [0.1, 0.15) is 5.75 Å². The van der Waals surface area contributed by atoms with Gasteiger partial charge in [-0.1, -0.05) is 44.9 Å². The molecule has 0 aromatic heterocycles. The van der Waals surface area contributed by atoms with Gasteiger partial charge in [-0.05, 0) is 25.0 Å². The third kappa shape index (κ3) is 8.62. The molecule has 0 bridgehead atoms. The third-order valence-electron chi connectivity index (χ3n) is 3.62. The van der Waals surface area contributed by atoms with E-state index in [1.54, 1.807) is 12.1 Å². The number of unbranched alkanes of at least 4 members (excludes halogenated alkanes) is 8. The number of non-ortho nitro benzene ring substituents is 1. The number of nitro benzene ring substituents is 1. The van der Waals surface area contributed by atoms with Crippen LogP contribution in [0.1, 0.15) is 57.8 Å². The van der Waals surface area contributed by atoms with Gasteiger partial charge in [0.25, 0.3) is 5.69 Å². The van der Waals surface area contributed by atoms with Crippen LogP contribution in [0.2, 0.25) is 0 Å². The summed E-state index contributed by atoms with van der Waals surface area (Å²) in [5.74, 6) is 0.689. The zero-order valence-corrected chi connectivity index (χ0v) is 13.2. The fraction of sp³-hybridized carbons (Fsp3) is 0.647. The quantitative estimate of drug-likeness (QED) is 0.331. The fourth-order valence-electron chi connectivity index (χ4n) is 2.31. The molecule has 0 aliphatic rings. The first-order valence-electron chi connectivity index (χ1n) is 8.22. The van der Waals surface area contributed by atoms with Gasteiger partial charge in [0, 0.05) is 18.7 Å². The molecule has 0 aliphatic carbocycles. The fourth-order valence-corrected chi connectivity index (χ4v) is 2.31. The molecule has 5 nitrogen and oxygen atoms in total. The van der Waals surface area contributed by atoms with Crippen LogP contribution in [0.3, 0.4) is 0 Å². The van der Waals surface area contributed by atoms with E-state index in [1.165, 1.54) is 44.2 Å². The summed E-state index contributed by atoms with van der Waals surface area (Å²) in [6.45, 7) is 0.975. The van der Waals surface area contributed by atoms with Crippen molar-refractivity contribution < 1.29 is 14.8 Å². The molecular formula is C17H27NO4. The van der Waals surface area contributed by atoms with Crippen molar-refractivity contribution in [1.29, 1.82) is 0 Å². The Morgan fingerprint density at radius 1 is 0.864 bits per heavy atom. The molecule has 0 radical (unpaired) electrons. The number of hydrogen-bond donors (Lipinski definition) is 1. The Labute approximate surface area is 132 Å². The van der Waals surface area contributed by atoms with Crippen molar-refractivity contribution in [1.82, 2.24) is 0 Å². The summed E-state index contributed by atoms with van der Waals surface area (Å²) in [6, 6.07) is 6.22. The molecule has 1 N–H and O–H groups in total. The highest BCUT2D eigenvalue weighted by Crippen LogP contribution is 2.17. The average molecular weight is 309 g/mol. The number of hydrogen-bond acceptors (Lipinski definition) is 4. The Kier molecular flexibility index (Phi) is 10.0. The minimum absolute atomic E-state index is 0.0892. The first-order chi connectivity index (χ1) is 10.7. The van der Waals surface area contributed by atoms with Gasteiger partial charge in [0.2, 0.25) is 0 Å². The van der Waals surface area contributed by atoms with Gasteiger partial charge in [-0.25, -0.2) is 0 Å². The summed E-state index contributed by atoms with van der Waals surface area (Å²) in [6.07, 6.45) is 10.5. The van der Waals surface area contributed by atoms with Crippen LogP contribution in [-0.2, 0) is 0 Å². The molecule has 1 aromatic rings. The highest BCUT2D eigenvalue weighted by atomic mass is 16.6. The lowest BCUT2D eigenvalue weighted by Gasteiger charge is -2.06. The van der Waals surface area contributed by atoms with Crippen LogP contribution >= 0.6 is 0 Å². The summed E-state index contributed by atoms with van der Waals surface area (Å²) in [7, 11) is 0. The zero-order chi connectivity index (χ0) is 16.0. The molecule has 0 atom stereocenters. The summed E-state index contributed by atoms with van der Waals surface area (Å²) < 4.78 is 5.57. The van der Waals surface area contributed by atoms with Crippen molar-refractivity contribution >= 4 is 5.69 Å². The van der Waals surface area contributed by atoms with Crippen LogP contribution in [0, 0.1) is 10.1 Å². The van der Waals surface area contributed by atoms with Gasteiger partial charge in [0.15, 0.2) is 0 Å². The number of aliphatic hydroxyl groups is 1. The third-order valence-corrected chi connectivity index (χ3v) is 3.62. The van der Waals surface area contributed by atoms with Crippen LogP contribution in [0.5, 0.6) is 5.75 Å². The first kappa shape index (κ1) is 18.4. The molecule has 22 heavy (non-hydrogen) atoms. The maximum absolute atomic E-state index is 10.5. The van der Waals surface area contributed by atoms with Crippen LogP contribution < -0.4 is 4.74 Å². The average Bonchev–Trinajstić information content (AvgIpc) is 2.53. The number of aliphatic hydroxyl groups excluding tert-OH is 1. The van der Waals surface area contributed by atoms with E-state index in [1.807, 2.05) is 0 Å². The Morgan fingerprint density at radius 3 is 1.86 bits per heavy atom. The lowest BCUT2D eigenvalue weighted by molar-refractivity contribution is -0.384. The molecule has 5 heteroatoms. The predicted molar refractivity (Wildman–Crippen MR) is 87.2 cm³/mol. The van der Waals surface area contributed by atoms with Gasteiger partial charge in [-0.3, -0.25) is 10.1 Å². The minimum atomic E-state index is -0.409. The molecule has 0 unspecified atom stereocenters. The Bertz CT molecular complexity index is 406. The van der Waals surface area contributed by atoms with Crippen LogP contribution in [0.15, 0.2) is 24.3 Å². The van der Waals surface area contributed by atoms with Gasteiger partial charge in [-0.2, -0.15) is 0 Å². The number of nitro groups is 1. The van der Waals surface area contributed by atoms with E-state index in [0.717, 1.165) is 25.7 Å². The second-order valence-electron chi connectivity index (χ2n) is 5.51. The lowest BCUT2D eigenvalue weighted by atomic mass is 10.1. The molecule has 0 spiro atoms. The summed E-state index contributed by atoms with van der Waals surface area (Å²) >= 11 is 0. The van der Waals surface area contributed by atoms with Crippen LogP contribution in [-0.4, -0.2) is 23.2 Å². The SMILES string of the molecule is O=[N+]([O-])c1ccc(OCCCCCCCCCCCO)cc1. The normalized spacial score (nSPS) is 10.6. The van der Waals surface area contributed by atoms with Crippen molar-refractivity contribution in [2.24, 2.45) is 0 Å². The summed E-state index contributed by atoms with van der Waals surface area (Å²) in [5, 5.41) is 19.2. The molecule has 0 heterocycles. The number of rotatable bonds is 13. The standard InChI is InChI=1S/C17H27NO4/c19-14-8-6-4-2-1-3-5-7-9-15-22-17-12-10-16(11-13-17)18(20)21/h10-13,19H,1-9,14-15H2. The Hall–Kier alpha value is -1.62. The van der Waals surface area contributed by atoms with Gasteiger partial charge in [0.05, 0.1) is 11.5 Å². The zero-order valence-electron chi connectivity index (χ0n) is 13.2. The predicted octanol–water partition coefficient (Wildman–Crippen LogP) is 4.48. The van der Waals surface area contributed by atoms with E-state index in [-0.39, 0.29) is 5.69 Å². The van der Waals surface area contributed by atoms with E-state index in [0.29, 0.717) is 19.0 Å². The summed E-state index contributed by atoms with van der Waals surface area (Å²) in [4.78, 5) is 10.1. The van der Waals surface area contributed by atoms with Crippen molar-refractivity contribution in [2.75, 3.05) is 13.2 Å². The highest BCUT2D eigenvalue weighted by molar-refractivity contribution is 5.35. The molecule has 1 aromatic carbocycles. The van der Waals surface area contributed by atoms with Crippen LogP contribution in [0.4, 0.5) is 5.69 Å². The monoisotopic (exact) mass is 309 g/mol. The topological polar surface area (TPSA) is 72.6 Å². The number of benzene rings is 1. The summed E-state index contributed by atoms with van der Waals surface area (Å²) in [5.41, 5.74) is 0.0892. The molecular weight excluding hydrogens is 282 g/mol. The van der Waals surface area contributed by atoms with Crippen molar-refractivity contribution in [3.05, 3.63) is 34.4 Å². The van der Waals surface area contributed by atoms with Crippen LogP contribution in [0.25, 0.3) is 0 Å². The minimum Gasteiger partial charge on any atom is -0.494 e. The van der Waals surface area contributed by atoms with Crippen molar-refractivity contribution in [2.45, 2.75) is 57.8 Å². The number of nitrogens with zero attached hydrogens (tertiary/aromatic N) is 1. The van der Waals surface area contributed by atoms with Gasteiger partial charge >= 0.3 is 0 Å². The first-order valence-corrected chi connectivity index (χ1v) is 8.22. The second kappa shape index (κ2) is 12.0. The largest absolute Gasteiger partial charge is 0.494 e. The number of ether oxygens (including phenoxy) is 1. The smallest absolute Gasteiger partial charge is 0.269 e. The molecule has 124 valence electrons. The van der Waals surface area contributed by atoms with E-state index < -0.39 is 4.92 Å². The molecule has 1 rings (SSSR count). The molecule has 0 aliphatic heterocycles. The molecule has 0 saturated heterocycles. The maximum atomic E-state index is 10.5. The Balaban J connectivity index is 1.94. The molecule has 0 amide bonds.